The highest BCUT2D eigenvalue weighted by molar-refractivity contribution is 5.74. The molecule has 0 fully saturated rings. The van der Waals surface area contributed by atoms with Gasteiger partial charge in [0.1, 0.15) is 25.1 Å². The van der Waals surface area contributed by atoms with Gasteiger partial charge in [0.05, 0.1) is 0 Å². The van der Waals surface area contributed by atoms with Crippen LogP contribution in [0.5, 0.6) is 5.75 Å². The highest BCUT2D eigenvalue weighted by atomic mass is 16.6. The summed E-state index contributed by atoms with van der Waals surface area (Å²) in [6.45, 7) is 4.33. The Bertz CT molecular complexity index is 926. The molecule has 0 radical (unpaired) electrons. The first-order valence-electron chi connectivity index (χ1n) is 11.9. The van der Waals surface area contributed by atoms with Crippen molar-refractivity contribution < 1.29 is 42.9 Å². The van der Waals surface area contributed by atoms with Crippen molar-refractivity contribution in [3.8, 4) is 5.75 Å². The number of benzene rings is 1. The van der Waals surface area contributed by atoms with E-state index in [0.29, 0.717) is 42.6 Å². The minimum atomic E-state index is -0.780. The summed E-state index contributed by atoms with van der Waals surface area (Å²) >= 11 is 0. The molecule has 0 aliphatic carbocycles. The maximum atomic E-state index is 12.8. The Morgan fingerprint density at radius 2 is 1.51 bits per heavy atom. The summed E-state index contributed by atoms with van der Waals surface area (Å²) in [5, 5.41) is 3.00. The Morgan fingerprint density at radius 3 is 1.97 bits per heavy atom. The van der Waals surface area contributed by atoms with Crippen molar-refractivity contribution in [3.63, 3.8) is 0 Å². The van der Waals surface area contributed by atoms with E-state index in [9.17, 15) is 24.0 Å². The molecule has 0 aromatic heterocycles. The zero-order valence-corrected chi connectivity index (χ0v) is 22.1. The van der Waals surface area contributed by atoms with Crippen LogP contribution in [0.25, 0.3) is 0 Å². The van der Waals surface area contributed by atoms with Crippen LogP contribution in [0.2, 0.25) is 0 Å². The fourth-order valence-electron chi connectivity index (χ4n) is 3.38. The average Bonchev–Trinajstić information content (AvgIpc) is 2.81. The highest BCUT2D eigenvalue weighted by Gasteiger charge is 2.24. The van der Waals surface area contributed by atoms with Gasteiger partial charge in [0.25, 0.3) is 0 Å². The van der Waals surface area contributed by atoms with Crippen LogP contribution in [-0.2, 0) is 46.6 Å². The van der Waals surface area contributed by atoms with Crippen molar-refractivity contribution in [2.24, 2.45) is 5.73 Å². The molecule has 0 heterocycles. The van der Waals surface area contributed by atoms with E-state index in [0.717, 1.165) is 0 Å². The third kappa shape index (κ3) is 12.2. The molecule has 1 aromatic carbocycles. The maximum absolute atomic E-state index is 12.8. The third-order valence-corrected chi connectivity index (χ3v) is 5.12. The molecule has 1 atom stereocenters. The summed E-state index contributed by atoms with van der Waals surface area (Å²) in [6, 6.07) is 3.17. The van der Waals surface area contributed by atoms with Crippen molar-refractivity contribution in [1.29, 1.82) is 0 Å². The second kappa shape index (κ2) is 16.1. The zero-order valence-electron chi connectivity index (χ0n) is 22.1. The number of primary amides is 1. The molecule has 1 rings (SSSR count). The lowest BCUT2D eigenvalue weighted by molar-refractivity contribution is -0.147. The highest BCUT2D eigenvalue weighted by Crippen LogP contribution is 2.34. The number of nitrogens with two attached hydrogens (primary N) is 1. The SMILES string of the molecule is CNCCCN(C)C(=O)Oc1c(COC(C)=O)cc(C(CCCC(N)=O)OC(C)=O)cc1COC(C)=O. The lowest BCUT2D eigenvalue weighted by atomic mass is 9.97. The lowest BCUT2D eigenvalue weighted by Gasteiger charge is -2.23. The van der Waals surface area contributed by atoms with Gasteiger partial charge < -0.3 is 34.9 Å². The first-order valence-corrected chi connectivity index (χ1v) is 11.9. The van der Waals surface area contributed by atoms with E-state index in [1.54, 1.807) is 26.2 Å². The summed E-state index contributed by atoms with van der Waals surface area (Å²) in [5.41, 5.74) is 6.32. The van der Waals surface area contributed by atoms with Gasteiger partial charge in [-0.3, -0.25) is 19.2 Å². The van der Waals surface area contributed by atoms with E-state index in [4.69, 9.17) is 24.7 Å². The number of hydrogen-bond acceptors (Lipinski definition) is 10. The minimum absolute atomic E-state index is 0.0652. The molecular weight excluding hydrogens is 486 g/mol. The van der Waals surface area contributed by atoms with Crippen LogP contribution in [-0.4, -0.2) is 62.0 Å². The van der Waals surface area contributed by atoms with Gasteiger partial charge in [-0.05, 0) is 50.6 Å². The van der Waals surface area contributed by atoms with Gasteiger partial charge in [0.15, 0.2) is 0 Å². The summed E-state index contributed by atoms with van der Waals surface area (Å²) in [6.07, 6.45) is -0.0335. The Morgan fingerprint density at radius 1 is 0.946 bits per heavy atom. The average molecular weight is 524 g/mol. The summed E-state index contributed by atoms with van der Waals surface area (Å²) < 4.78 is 21.5. The smallest absolute Gasteiger partial charge is 0.414 e. The largest absolute Gasteiger partial charge is 0.461 e. The number of esters is 3. The van der Waals surface area contributed by atoms with Gasteiger partial charge in [-0.15, -0.1) is 0 Å². The van der Waals surface area contributed by atoms with Gasteiger partial charge in [-0.1, -0.05) is 0 Å². The second-order valence-corrected chi connectivity index (χ2v) is 8.43. The Balaban J connectivity index is 3.49. The van der Waals surface area contributed by atoms with Gasteiger partial charge in [-0.25, -0.2) is 4.79 Å². The molecule has 1 aromatic rings. The number of carbonyl (C=O) groups is 5. The molecule has 12 nitrogen and oxygen atoms in total. The van der Waals surface area contributed by atoms with Crippen molar-refractivity contribution in [1.82, 2.24) is 10.2 Å². The number of amides is 2. The maximum Gasteiger partial charge on any atom is 0.414 e. The van der Waals surface area contributed by atoms with Crippen LogP contribution in [0.1, 0.15) is 69.2 Å². The van der Waals surface area contributed by atoms with Crippen LogP contribution < -0.4 is 15.8 Å². The molecule has 0 saturated heterocycles. The number of rotatable bonds is 15. The predicted molar refractivity (Wildman–Crippen MR) is 132 cm³/mol. The normalized spacial score (nSPS) is 11.3. The Labute approximate surface area is 216 Å². The summed E-state index contributed by atoms with van der Waals surface area (Å²) in [4.78, 5) is 60.3. The first kappa shape index (κ1) is 31.4. The fourth-order valence-corrected chi connectivity index (χ4v) is 3.38. The summed E-state index contributed by atoms with van der Waals surface area (Å²) in [7, 11) is 3.39. The Kier molecular flexibility index (Phi) is 13.7. The van der Waals surface area contributed by atoms with Gasteiger partial charge in [-0.2, -0.15) is 0 Å². The molecule has 12 heteroatoms. The van der Waals surface area contributed by atoms with E-state index < -0.39 is 36.0 Å². The van der Waals surface area contributed by atoms with Gasteiger partial charge >= 0.3 is 24.0 Å². The van der Waals surface area contributed by atoms with Crippen molar-refractivity contribution in [2.75, 3.05) is 27.2 Å². The van der Waals surface area contributed by atoms with E-state index in [2.05, 4.69) is 5.32 Å². The predicted octanol–water partition coefficient (Wildman–Crippen LogP) is 2.11. The summed E-state index contributed by atoms with van der Waals surface area (Å²) in [5.74, 6) is -2.10. The van der Waals surface area contributed by atoms with E-state index in [-0.39, 0.29) is 31.8 Å². The van der Waals surface area contributed by atoms with E-state index in [1.165, 1.54) is 25.7 Å². The van der Waals surface area contributed by atoms with Crippen LogP contribution in [0.4, 0.5) is 4.79 Å². The molecule has 0 aliphatic heterocycles. The number of ether oxygens (including phenoxy) is 4. The van der Waals surface area contributed by atoms with Crippen molar-refractivity contribution in [3.05, 3.63) is 28.8 Å². The van der Waals surface area contributed by atoms with E-state index >= 15 is 0 Å². The molecule has 206 valence electrons. The van der Waals surface area contributed by atoms with Crippen molar-refractivity contribution >= 4 is 29.9 Å². The van der Waals surface area contributed by atoms with Crippen LogP contribution in [0.15, 0.2) is 12.1 Å². The second-order valence-electron chi connectivity index (χ2n) is 8.43. The molecule has 1 unspecified atom stereocenters. The number of hydrogen-bond donors (Lipinski definition) is 2. The van der Waals surface area contributed by atoms with Crippen LogP contribution in [0.3, 0.4) is 0 Å². The Hall–Kier alpha value is -3.67. The number of nitrogens with zero attached hydrogens (tertiary/aromatic N) is 1. The quantitative estimate of drug-likeness (QED) is 0.198. The monoisotopic (exact) mass is 523 g/mol. The van der Waals surface area contributed by atoms with Gasteiger partial charge in [0, 0.05) is 51.9 Å². The van der Waals surface area contributed by atoms with Crippen LogP contribution >= 0.6 is 0 Å². The lowest BCUT2D eigenvalue weighted by Crippen LogP contribution is -2.32. The first-order chi connectivity index (χ1) is 17.4. The zero-order chi connectivity index (χ0) is 28.0. The number of carbonyl (C=O) groups excluding carboxylic acids is 5. The standard InChI is InChI=1S/C25H37N3O9/c1-16(29)34-14-20-12-19(22(36-18(3)31)8-6-9-23(26)32)13-21(15-35-17(2)30)24(20)37-25(33)28(5)11-7-10-27-4/h12-13,22,27H,6-11,14-15H2,1-5H3,(H2,26,32). The third-order valence-electron chi connectivity index (χ3n) is 5.12. The van der Waals surface area contributed by atoms with Gasteiger partial charge in [0.2, 0.25) is 5.91 Å². The topological polar surface area (TPSA) is 164 Å². The molecule has 0 spiro atoms. The number of nitrogens with one attached hydrogen (secondary N) is 1. The molecule has 0 saturated carbocycles. The molecule has 0 bridgehead atoms. The molecule has 0 aliphatic rings. The molecule has 2 amide bonds. The van der Waals surface area contributed by atoms with Crippen molar-refractivity contribution in [2.45, 2.75) is 65.8 Å². The van der Waals surface area contributed by atoms with E-state index in [1.807, 2.05) is 0 Å². The molecule has 37 heavy (non-hydrogen) atoms. The minimum Gasteiger partial charge on any atom is -0.461 e. The molecular formula is C25H37N3O9. The fraction of sp³-hybridized carbons (Fsp3) is 0.560. The molecule has 3 N–H and O–H groups in total. The van der Waals surface area contributed by atoms with Crippen LogP contribution in [0, 0.1) is 0 Å².